The van der Waals surface area contributed by atoms with E-state index in [0.29, 0.717) is 17.5 Å². The lowest BCUT2D eigenvalue weighted by Gasteiger charge is -2.24. The second-order valence-electron chi connectivity index (χ2n) is 6.74. The largest absolute Gasteiger partial charge is 0.388 e. The molecule has 2 saturated carbocycles. The number of rotatable bonds is 2. The zero-order valence-corrected chi connectivity index (χ0v) is 12.0. The van der Waals surface area contributed by atoms with Gasteiger partial charge in [0.05, 0.1) is 22.0 Å². The van der Waals surface area contributed by atoms with E-state index < -0.39 is 5.60 Å². The number of nitrogens with zero attached hydrogens (tertiary/aromatic N) is 2. The molecule has 1 aliphatic heterocycles. The monoisotopic (exact) mass is 278 g/mol. The average Bonchev–Trinajstić information content (AvgIpc) is 3.21. The van der Waals surface area contributed by atoms with Crippen molar-refractivity contribution >= 4 is 17.3 Å². The molecule has 0 aromatic carbocycles. The summed E-state index contributed by atoms with van der Waals surface area (Å²) in [5.41, 5.74) is 1.88. The summed E-state index contributed by atoms with van der Waals surface area (Å²) in [5, 5.41) is 11.3. The van der Waals surface area contributed by atoms with Crippen molar-refractivity contribution in [2.45, 2.75) is 44.1 Å². The zero-order chi connectivity index (χ0) is 13.3. The van der Waals surface area contributed by atoms with Gasteiger partial charge in [0.1, 0.15) is 0 Å². The number of aromatic nitrogens is 1. The Kier molecular flexibility index (Phi) is 2.30. The van der Waals surface area contributed by atoms with Crippen LogP contribution in [0.15, 0.2) is 12.3 Å². The Morgan fingerprint density at radius 3 is 2.68 bits per heavy atom. The third-order valence-corrected chi connectivity index (χ3v) is 5.36. The first-order chi connectivity index (χ1) is 9.01. The van der Waals surface area contributed by atoms with Crippen LogP contribution in [0.4, 0.5) is 5.69 Å². The van der Waals surface area contributed by atoms with E-state index in [0.717, 1.165) is 25.1 Å². The van der Waals surface area contributed by atoms with Gasteiger partial charge in [0.2, 0.25) is 0 Å². The topological polar surface area (TPSA) is 36.4 Å². The van der Waals surface area contributed by atoms with Crippen LogP contribution >= 0.6 is 11.6 Å². The first-order valence-corrected chi connectivity index (χ1v) is 7.51. The molecule has 102 valence electrons. The van der Waals surface area contributed by atoms with E-state index >= 15 is 0 Å². The van der Waals surface area contributed by atoms with Gasteiger partial charge in [-0.1, -0.05) is 11.6 Å². The maximum atomic E-state index is 10.6. The van der Waals surface area contributed by atoms with Crippen molar-refractivity contribution in [1.82, 2.24) is 4.98 Å². The molecule has 1 atom stereocenters. The van der Waals surface area contributed by atoms with Crippen LogP contribution in [-0.2, 0) is 0 Å². The van der Waals surface area contributed by atoms with Crippen molar-refractivity contribution in [3.05, 3.63) is 23.0 Å². The molecular formula is C15H19ClN2O. The van der Waals surface area contributed by atoms with Gasteiger partial charge in [0.15, 0.2) is 0 Å². The summed E-state index contributed by atoms with van der Waals surface area (Å²) >= 11 is 6.13. The van der Waals surface area contributed by atoms with Gasteiger partial charge in [0.25, 0.3) is 0 Å². The number of hydrogen-bond donors (Lipinski definition) is 1. The molecule has 1 aromatic rings. The quantitative estimate of drug-likeness (QED) is 0.904. The van der Waals surface area contributed by atoms with Crippen LogP contribution in [-0.4, -0.2) is 28.8 Å². The molecule has 0 amide bonds. The van der Waals surface area contributed by atoms with Crippen LogP contribution in [0, 0.1) is 5.41 Å². The molecule has 1 saturated heterocycles. The predicted octanol–water partition coefficient (Wildman–Crippen LogP) is 2.96. The maximum Gasteiger partial charge on any atom is 0.0866 e. The Bertz CT molecular complexity index is 529. The molecule has 2 heterocycles. The van der Waals surface area contributed by atoms with Gasteiger partial charge >= 0.3 is 0 Å². The van der Waals surface area contributed by atoms with Gasteiger partial charge < -0.3 is 10.0 Å². The van der Waals surface area contributed by atoms with Gasteiger partial charge in [-0.25, -0.2) is 0 Å². The maximum absolute atomic E-state index is 10.6. The summed E-state index contributed by atoms with van der Waals surface area (Å²) in [6, 6.07) is 2.03. The SMILES string of the molecule is CC1(O)CN(c2cc(Cl)cnc2C2CC2)CC12CC2. The highest BCUT2D eigenvalue weighted by Crippen LogP contribution is 2.59. The summed E-state index contributed by atoms with van der Waals surface area (Å²) in [5.74, 6) is 0.605. The van der Waals surface area contributed by atoms with Crippen molar-refractivity contribution < 1.29 is 5.11 Å². The molecular weight excluding hydrogens is 260 g/mol. The van der Waals surface area contributed by atoms with Crippen LogP contribution < -0.4 is 4.90 Å². The lowest BCUT2D eigenvalue weighted by molar-refractivity contribution is 0.0244. The molecule has 4 heteroatoms. The number of anilines is 1. The molecule has 1 spiro atoms. The molecule has 1 unspecified atom stereocenters. The Morgan fingerprint density at radius 1 is 1.37 bits per heavy atom. The fourth-order valence-corrected chi connectivity index (χ4v) is 3.66. The Labute approximate surface area is 118 Å². The summed E-state index contributed by atoms with van der Waals surface area (Å²) < 4.78 is 0. The molecule has 0 radical (unpaired) electrons. The summed E-state index contributed by atoms with van der Waals surface area (Å²) in [7, 11) is 0. The minimum absolute atomic E-state index is 0.121. The van der Waals surface area contributed by atoms with E-state index in [9.17, 15) is 5.11 Å². The minimum atomic E-state index is -0.573. The van der Waals surface area contributed by atoms with Crippen molar-refractivity contribution in [1.29, 1.82) is 0 Å². The van der Waals surface area contributed by atoms with Crippen molar-refractivity contribution in [3.8, 4) is 0 Å². The highest BCUT2D eigenvalue weighted by Gasteiger charge is 2.61. The van der Waals surface area contributed by atoms with Crippen molar-refractivity contribution in [3.63, 3.8) is 0 Å². The van der Waals surface area contributed by atoms with Crippen LogP contribution in [0.2, 0.25) is 5.02 Å². The number of halogens is 1. The zero-order valence-electron chi connectivity index (χ0n) is 11.2. The number of hydrogen-bond acceptors (Lipinski definition) is 3. The second kappa shape index (κ2) is 3.64. The third-order valence-electron chi connectivity index (χ3n) is 5.16. The first-order valence-electron chi connectivity index (χ1n) is 7.14. The van der Waals surface area contributed by atoms with Gasteiger partial charge in [-0.2, -0.15) is 0 Å². The molecule has 0 bridgehead atoms. The molecule has 3 fully saturated rings. The predicted molar refractivity (Wildman–Crippen MR) is 75.7 cm³/mol. The van der Waals surface area contributed by atoms with Gasteiger partial charge in [0, 0.05) is 30.6 Å². The van der Waals surface area contributed by atoms with E-state index in [1.165, 1.54) is 18.5 Å². The molecule has 19 heavy (non-hydrogen) atoms. The molecule has 3 nitrogen and oxygen atoms in total. The van der Waals surface area contributed by atoms with Crippen LogP contribution in [0.5, 0.6) is 0 Å². The summed E-state index contributed by atoms with van der Waals surface area (Å²) in [6.45, 7) is 3.63. The molecule has 4 rings (SSSR count). The van der Waals surface area contributed by atoms with Crippen LogP contribution in [0.3, 0.4) is 0 Å². The Hall–Kier alpha value is -0.800. The van der Waals surface area contributed by atoms with Gasteiger partial charge in [-0.05, 0) is 38.7 Å². The molecule has 1 aromatic heterocycles. The fraction of sp³-hybridized carbons (Fsp3) is 0.667. The number of β-amino-alcohol motifs (C(OH)–C–C–N with tert-alkyl or cyclic N) is 1. The van der Waals surface area contributed by atoms with Crippen molar-refractivity contribution in [2.24, 2.45) is 5.41 Å². The molecule has 3 aliphatic rings. The fourth-order valence-electron chi connectivity index (χ4n) is 3.51. The van der Waals surface area contributed by atoms with E-state index in [4.69, 9.17) is 11.6 Å². The second-order valence-corrected chi connectivity index (χ2v) is 7.18. The third kappa shape index (κ3) is 1.78. The van der Waals surface area contributed by atoms with Crippen molar-refractivity contribution in [2.75, 3.05) is 18.0 Å². The molecule has 1 N–H and O–H groups in total. The number of pyridine rings is 1. The number of aliphatic hydroxyl groups is 1. The average molecular weight is 279 g/mol. The molecule has 2 aliphatic carbocycles. The minimum Gasteiger partial charge on any atom is -0.388 e. The van der Waals surface area contributed by atoms with Crippen LogP contribution in [0.1, 0.15) is 44.2 Å². The smallest absolute Gasteiger partial charge is 0.0866 e. The van der Waals surface area contributed by atoms with Crippen LogP contribution in [0.25, 0.3) is 0 Å². The standard InChI is InChI=1S/C15H19ClN2O/c1-14(19)8-18(9-15(14)4-5-15)12-6-11(16)7-17-13(12)10-2-3-10/h6-7,10,19H,2-5,8-9H2,1H3. The highest BCUT2D eigenvalue weighted by atomic mass is 35.5. The summed E-state index contributed by atoms with van der Waals surface area (Å²) in [4.78, 5) is 6.85. The first kappa shape index (κ1) is 12.0. The normalized spacial score (nSPS) is 32.1. The lowest BCUT2D eigenvalue weighted by Crippen LogP contribution is -2.35. The summed E-state index contributed by atoms with van der Waals surface area (Å²) in [6.07, 6.45) is 6.50. The van der Waals surface area contributed by atoms with Gasteiger partial charge in [-0.15, -0.1) is 0 Å². The van der Waals surface area contributed by atoms with E-state index in [1.54, 1.807) is 6.20 Å². The highest BCUT2D eigenvalue weighted by molar-refractivity contribution is 6.30. The lowest BCUT2D eigenvalue weighted by atomic mass is 9.90. The Balaban J connectivity index is 1.71. The van der Waals surface area contributed by atoms with E-state index in [1.807, 2.05) is 13.0 Å². The Morgan fingerprint density at radius 2 is 2.11 bits per heavy atom. The van der Waals surface area contributed by atoms with E-state index in [-0.39, 0.29) is 5.41 Å². The van der Waals surface area contributed by atoms with E-state index in [2.05, 4.69) is 9.88 Å². The van der Waals surface area contributed by atoms with Gasteiger partial charge in [-0.3, -0.25) is 4.98 Å².